The Balaban J connectivity index is 1.61. The van der Waals surface area contributed by atoms with Gasteiger partial charge in [-0.1, -0.05) is 60.4 Å². The number of ether oxygens (including phenoxy) is 2. The zero-order valence-corrected chi connectivity index (χ0v) is 23.6. The van der Waals surface area contributed by atoms with Gasteiger partial charge in [0.15, 0.2) is 17.3 Å². The van der Waals surface area contributed by atoms with E-state index in [9.17, 15) is 4.79 Å². The van der Waals surface area contributed by atoms with Gasteiger partial charge in [-0.25, -0.2) is 4.98 Å². The van der Waals surface area contributed by atoms with Crippen LogP contribution in [0.15, 0.2) is 79.4 Å². The van der Waals surface area contributed by atoms with E-state index in [2.05, 4.69) is 41.8 Å². The predicted octanol–water partition coefficient (Wildman–Crippen LogP) is 7.54. The lowest BCUT2D eigenvalue weighted by Gasteiger charge is -2.21. The smallest absolute Gasteiger partial charge is 0.282 e. The molecule has 2 aromatic heterocycles. The summed E-state index contributed by atoms with van der Waals surface area (Å²) < 4.78 is 19.7. The summed E-state index contributed by atoms with van der Waals surface area (Å²) in [6, 6.07) is 18.1. The Labute approximate surface area is 232 Å². The van der Waals surface area contributed by atoms with Gasteiger partial charge in [0.1, 0.15) is 5.58 Å². The molecule has 0 aliphatic heterocycles. The van der Waals surface area contributed by atoms with E-state index in [1.54, 1.807) is 37.4 Å². The number of rotatable bonds is 6. The van der Waals surface area contributed by atoms with E-state index in [1.807, 2.05) is 30.3 Å². The maximum absolute atomic E-state index is 13.5. The molecular formula is C29H25BrClN3O4. The van der Waals surface area contributed by atoms with Crippen LogP contribution in [0, 0.1) is 5.41 Å². The molecule has 0 saturated carbocycles. The molecule has 0 radical (unpaired) electrons. The van der Waals surface area contributed by atoms with Gasteiger partial charge in [0.25, 0.3) is 5.56 Å². The lowest BCUT2D eigenvalue weighted by molar-refractivity contribution is 0.191. The number of nitrogens with zero attached hydrogens (tertiary/aromatic N) is 3. The SMILES string of the molecule is COc1cc(C=Nn2c(-c3cc4cc(Br)ccc4o3)nc3ccccc3c2=O)cc(Cl)c1OCC(C)(C)C. The Kier molecular flexibility index (Phi) is 7.03. The zero-order valence-electron chi connectivity index (χ0n) is 21.3. The molecule has 194 valence electrons. The van der Waals surface area contributed by atoms with Crippen LogP contribution in [-0.2, 0) is 0 Å². The molecule has 0 saturated heterocycles. The quantitative estimate of drug-likeness (QED) is 0.190. The van der Waals surface area contributed by atoms with Gasteiger partial charge < -0.3 is 13.9 Å². The van der Waals surface area contributed by atoms with Gasteiger partial charge in [0.2, 0.25) is 5.82 Å². The van der Waals surface area contributed by atoms with Gasteiger partial charge in [-0.3, -0.25) is 4.79 Å². The topological polar surface area (TPSA) is 78.9 Å². The van der Waals surface area contributed by atoms with E-state index < -0.39 is 0 Å². The van der Waals surface area contributed by atoms with Gasteiger partial charge in [0, 0.05) is 9.86 Å². The summed E-state index contributed by atoms with van der Waals surface area (Å²) in [6.07, 6.45) is 1.53. The molecule has 0 amide bonds. The minimum absolute atomic E-state index is 0.0537. The monoisotopic (exact) mass is 593 g/mol. The molecule has 0 N–H and O–H groups in total. The number of hydrogen-bond donors (Lipinski definition) is 0. The van der Waals surface area contributed by atoms with Crippen LogP contribution < -0.4 is 15.0 Å². The van der Waals surface area contributed by atoms with Crippen molar-refractivity contribution in [1.29, 1.82) is 0 Å². The second kappa shape index (κ2) is 10.3. The Hall–Kier alpha value is -3.62. The third-order valence-corrected chi connectivity index (χ3v) is 6.45. The number of benzene rings is 3. The molecule has 0 spiro atoms. The molecule has 0 aliphatic rings. The van der Waals surface area contributed by atoms with Crippen molar-refractivity contribution in [2.45, 2.75) is 20.8 Å². The standard InChI is InChI=1S/C29H25BrClN3O4/c1-29(2,3)16-37-26-21(31)11-17(12-24(26)36-4)15-32-34-27(33-22-8-6-5-7-20(22)28(34)35)25-14-18-13-19(30)9-10-23(18)38-25/h5-15H,16H2,1-4H3. The molecule has 9 heteroatoms. The molecule has 38 heavy (non-hydrogen) atoms. The van der Waals surface area contributed by atoms with Crippen LogP contribution in [0.4, 0.5) is 0 Å². The first kappa shape index (κ1) is 26.0. The Morgan fingerprint density at radius 2 is 1.92 bits per heavy atom. The van der Waals surface area contributed by atoms with Crippen LogP contribution in [0.25, 0.3) is 33.5 Å². The van der Waals surface area contributed by atoms with Crippen molar-refractivity contribution in [2.75, 3.05) is 13.7 Å². The fourth-order valence-electron chi connectivity index (χ4n) is 3.88. The third kappa shape index (κ3) is 5.33. The summed E-state index contributed by atoms with van der Waals surface area (Å²) in [6.45, 7) is 6.68. The molecule has 0 bridgehead atoms. The zero-order chi connectivity index (χ0) is 27.0. The van der Waals surface area contributed by atoms with Gasteiger partial charge in [-0.05, 0) is 59.5 Å². The molecule has 5 aromatic rings. The maximum atomic E-state index is 13.5. The highest BCUT2D eigenvalue weighted by atomic mass is 79.9. The van der Waals surface area contributed by atoms with Crippen LogP contribution in [0.3, 0.4) is 0 Å². The molecule has 2 heterocycles. The summed E-state index contributed by atoms with van der Waals surface area (Å²) in [5.74, 6) is 1.62. The Bertz CT molecular complexity index is 1750. The van der Waals surface area contributed by atoms with E-state index >= 15 is 0 Å². The molecule has 0 fully saturated rings. The van der Waals surface area contributed by atoms with Crippen molar-refractivity contribution in [1.82, 2.24) is 9.66 Å². The largest absolute Gasteiger partial charge is 0.493 e. The van der Waals surface area contributed by atoms with E-state index in [0.717, 1.165) is 9.86 Å². The summed E-state index contributed by atoms with van der Waals surface area (Å²) in [5.41, 5.74) is 1.46. The average Bonchev–Trinajstić information content (AvgIpc) is 3.29. The first-order valence-corrected chi connectivity index (χ1v) is 13.1. The van der Waals surface area contributed by atoms with E-state index in [-0.39, 0.29) is 16.8 Å². The van der Waals surface area contributed by atoms with Crippen LogP contribution in [-0.4, -0.2) is 29.6 Å². The molecule has 0 unspecified atom stereocenters. The average molecular weight is 595 g/mol. The van der Waals surface area contributed by atoms with Gasteiger partial charge in [0.05, 0.1) is 35.9 Å². The number of para-hydroxylation sites is 1. The lowest BCUT2D eigenvalue weighted by Crippen LogP contribution is -2.20. The first-order valence-electron chi connectivity index (χ1n) is 11.9. The van der Waals surface area contributed by atoms with Crippen molar-refractivity contribution in [3.05, 3.63) is 86.1 Å². The second-order valence-corrected chi connectivity index (χ2v) is 11.3. The van der Waals surface area contributed by atoms with E-state index in [4.69, 9.17) is 30.5 Å². The lowest BCUT2D eigenvalue weighted by atomic mass is 9.99. The Morgan fingerprint density at radius 3 is 2.68 bits per heavy atom. The molecule has 0 atom stereocenters. The summed E-state index contributed by atoms with van der Waals surface area (Å²) in [7, 11) is 1.55. The van der Waals surface area contributed by atoms with Crippen LogP contribution in [0.2, 0.25) is 5.02 Å². The molecule has 5 rings (SSSR count). The fourth-order valence-corrected chi connectivity index (χ4v) is 4.53. The first-order chi connectivity index (χ1) is 18.1. The van der Waals surface area contributed by atoms with Crippen molar-refractivity contribution in [2.24, 2.45) is 10.5 Å². The third-order valence-electron chi connectivity index (χ3n) is 5.68. The number of methoxy groups -OCH3 is 1. The van der Waals surface area contributed by atoms with Gasteiger partial charge >= 0.3 is 0 Å². The Morgan fingerprint density at radius 1 is 1.13 bits per heavy atom. The molecule has 3 aromatic carbocycles. The number of aromatic nitrogens is 2. The second-order valence-electron chi connectivity index (χ2n) is 9.99. The number of fused-ring (bicyclic) bond motifs is 2. The number of furan rings is 1. The minimum atomic E-state index is -0.327. The normalized spacial score (nSPS) is 12.1. The highest BCUT2D eigenvalue weighted by Gasteiger charge is 2.18. The number of halogens is 2. The molecule has 0 aliphatic carbocycles. The highest BCUT2D eigenvalue weighted by molar-refractivity contribution is 9.10. The summed E-state index contributed by atoms with van der Waals surface area (Å²) in [4.78, 5) is 18.2. The minimum Gasteiger partial charge on any atom is -0.493 e. The highest BCUT2D eigenvalue weighted by Crippen LogP contribution is 2.37. The van der Waals surface area contributed by atoms with Gasteiger partial charge in [-0.15, -0.1) is 0 Å². The summed E-state index contributed by atoms with van der Waals surface area (Å²) >= 11 is 10.0. The van der Waals surface area contributed by atoms with Crippen LogP contribution >= 0.6 is 27.5 Å². The molecule has 7 nitrogen and oxygen atoms in total. The van der Waals surface area contributed by atoms with E-state index in [0.29, 0.717) is 50.9 Å². The van der Waals surface area contributed by atoms with Crippen LogP contribution in [0.5, 0.6) is 11.5 Å². The fraction of sp³-hybridized carbons (Fsp3) is 0.207. The van der Waals surface area contributed by atoms with Crippen molar-refractivity contribution in [3.8, 4) is 23.1 Å². The van der Waals surface area contributed by atoms with Crippen molar-refractivity contribution >= 4 is 55.6 Å². The van der Waals surface area contributed by atoms with Crippen LogP contribution in [0.1, 0.15) is 26.3 Å². The van der Waals surface area contributed by atoms with Gasteiger partial charge in [-0.2, -0.15) is 9.78 Å². The number of hydrogen-bond acceptors (Lipinski definition) is 6. The van der Waals surface area contributed by atoms with Crippen molar-refractivity contribution in [3.63, 3.8) is 0 Å². The van der Waals surface area contributed by atoms with E-state index in [1.165, 1.54) is 10.9 Å². The summed E-state index contributed by atoms with van der Waals surface area (Å²) in [5, 5.41) is 6.20. The molecular weight excluding hydrogens is 570 g/mol. The van der Waals surface area contributed by atoms with Crippen molar-refractivity contribution < 1.29 is 13.9 Å². The maximum Gasteiger partial charge on any atom is 0.282 e. The predicted molar refractivity (Wildman–Crippen MR) is 155 cm³/mol.